The Bertz CT molecular complexity index is 534. The van der Waals surface area contributed by atoms with Crippen LogP contribution in [0.1, 0.15) is 23.8 Å². The van der Waals surface area contributed by atoms with Gasteiger partial charge in [0.15, 0.2) is 5.82 Å². The summed E-state index contributed by atoms with van der Waals surface area (Å²) in [5.41, 5.74) is 4.09. The molecule has 1 aliphatic rings. The van der Waals surface area contributed by atoms with Crippen molar-refractivity contribution in [1.82, 2.24) is 9.97 Å². The molecule has 0 radical (unpaired) electrons. The molecule has 0 amide bonds. The smallest absolute Gasteiger partial charge is 0.152 e. The van der Waals surface area contributed by atoms with Gasteiger partial charge in [0, 0.05) is 4.88 Å². The van der Waals surface area contributed by atoms with Crippen molar-refractivity contribution >= 4 is 27.4 Å². The lowest BCUT2D eigenvalue weighted by Gasteiger charge is -2.18. The first-order valence-corrected chi connectivity index (χ1v) is 6.33. The first-order valence-electron chi connectivity index (χ1n) is 5.51. The van der Waals surface area contributed by atoms with Crippen LogP contribution < -0.4 is 11.3 Å². The van der Waals surface area contributed by atoms with Gasteiger partial charge in [-0.3, -0.25) is 0 Å². The summed E-state index contributed by atoms with van der Waals surface area (Å²) in [5.74, 6) is 7.01. The third kappa shape index (κ3) is 1.39. The Morgan fingerprint density at radius 3 is 3.19 bits per heavy atom. The van der Waals surface area contributed by atoms with Gasteiger partial charge in [-0.15, -0.1) is 11.3 Å². The van der Waals surface area contributed by atoms with Crippen molar-refractivity contribution in [3.05, 3.63) is 16.8 Å². The van der Waals surface area contributed by atoms with E-state index < -0.39 is 0 Å². The molecule has 3 rings (SSSR count). The lowest BCUT2D eigenvalue weighted by atomic mass is 9.89. The molecule has 1 aliphatic carbocycles. The summed E-state index contributed by atoms with van der Waals surface area (Å²) in [6.45, 7) is 2.30. The van der Waals surface area contributed by atoms with Gasteiger partial charge in [-0.2, -0.15) is 0 Å². The van der Waals surface area contributed by atoms with Crippen LogP contribution in [-0.4, -0.2) is 9.97 Å². The van der Waals surface area contributed by atoms with Crippen LogP contribution in [-0.2, 0) is 12.8 Å². The summed E-state index contributed by atoms with van der Waals surface area (Å²) in [6.07, 6.45) is 5.14. The molecule has 5 heteroatoms. The van der Waals surface area contributed by atoms with E-state index in [9.17, 15) is 0 Å². The number of hydrazine groups is 1. The predicted octanol–water partition coefficient (Wildman–Crippen LogP) is 2.10. The molecule has 3 N–H and O–H groups in total. The van der Waals surface area contributed by atoms with Crippen molar-refractivity contribution in [1.29, 1.82) is 0 Å². The molecule has 2 aromatic heterocycles. The van der Waals surface area contributed by atoms with Crippen LogP contribution in [0.15, 0.2) is 6.33 Å². The van der Waals surface area contributed by atoms with E-state index in [-0.39, 0.29) is 0 Å². The highest BCUT2D eigenvalue weighted by molar-refractivity contribution is 7.19. The SMILES string of the molecule is C[C@@H]1CCc2sc3ncnc(NN)c3c2C1. The Morgan fingerprint density at radius 1 is 1.50 bits per heavy atom. The minimum Gasteiger partial charge on any atom is -0.308 e. The van der Waals surface area contributed by atoms with Crippen molar-refractivity contribution in [2.75, 3.05) is 5.43 Å². The zero-order valence-corrected chi connectivity index (χ0v) is 9.97. The highest BCUT2D eigenvalue weighted by Crippen LogP contribution is 2.39. The van der Waals surface area contributed by atoms with Crippen molar-refractivity contribution < 1.29 is 0 Å². The summed E-state index contributed by atoms with van der Waals surface area (Å²) >= 11 is 1.78. The molecule has 2 heterocycles. The number of nitrogen functional groups attached to an aromatic ring is 1. The van der Waals surface area contributed by atoms with E-state index in [0.29, 0.717) is 0 Å². The minimum absolute atomic E-state index is 0.746. The van der Waals surface area contributed by atoms with Gasteiger partial charge in [-0.25, -0.2) is 15.8 Å². The van der Waals surface area contributed by atoms with Crippen molar-refractivity contribution in [2.24, 2.45) is 11.8 Å². The van der Waals surface area contributed by atoms with Crippen molar-refractivity contribution in [2.45, 2.75) is 26.2 Å². The molecule has 0 aromatic carbocycles. The van der Waals surface area contributed by atoms with E-state index in [4.69, 9.17) is 5.84 Å². The van der Waals surface area contributed by atoms with Crippen LogP contribution in [0, 0.1) is 5.92 Å². The first kappa shape index (κ1) is 9.99. The Kier molecular flexibility index (Phi) is 2.29. The number of hydrogen-bond donors (Lipinski definition) is 2. The monoisotopic (exact) mass is 234 g/mol. The van der Waals surface area contributed by atoms with Gasteiger partial charge in [-0.1, -0.05) is 6.92 Å². The Morgan fingerprint density at radius 2 is 2.38 bits per heavy atom. The van der Waals surface area contributed by atoms with Gasteiger partial charge in [0.05, 0.1) is 5.39 Å². The van der Waals surface area contributed by atoms with Crippen LogP contribution in [0.25, 0.3) is 10.2 Å². The molecule has 0 bridgehead atoms. The fourth-order valence-corrected chi connectivity index (χ4v) is 3.58. The van der Waals surface area contributed by atoms with Gasteiger partial charge >= 0.3 is 0 Å². The maximum atomic E-state index is 5.51. The van der Waals surface area contributed by atoms with Crippen LogP contribution >= 0.6 is 11.3 Å². The molecule has 0 spiro atoms. The highest BCUT2D eigenvalue weighted by atomic mass is 32.1. The Balaban J connectivity index is 2.27. The third-order valence-corrected chi connectivity index (χ3v) is 4.42. The molecule has 0 unspecified atom stereocenters. The summed E-state index contributed by atoms with van der Waals surface area (Å²) < 4.78 is 0. The Labute approximate surface area is 97.9 Å². The van der Waals surface area contributed by atoms with Gasteiger partial charge in [0.1, 0.15) is 11.2 Å². The van der Waals surface area contributed by atoms with Gasteiger partial charge in [-0.05, 0) is 30.7 Å². The number of aryl methyl sites for hydroxylation is 1. The molecular weight excluding hydrogens is 220 g/mol. The number of aromatic nitrogens is 2. The van der Waals surface area contributed by atoms with Gasteiger partial charge in [0.25, 0.3) is 0 Å². The maximum Gasteiger partial charge on any atom is 0.152 e. The largest absolute Gasteiger partial charge is 0.308 e. The van der Waals surface area contributed by atoms with Gasteiger partial charge in [0.2, 0.25) is 0 Å². The van der Waals surface area contributed by atoms with Crippen LogP contribution in [0.3, 0.4) is 0 Å². The van der Waals surface area contributed by atoms with Crippen LogP contribution in [0.4, 0.5) is 5.82 Å². The molecule has 4 nitrogen and oxygen atoms in total. The highest BCUT2D eigenvalue weighted by Gasteiger charge is 2.22. The number of fused-ring (bicyclic) bond motifs is 3. The number of nitrogens with two attached hydrogens (primary N) is 1. The number of anilines is 1. The van der Waals surface area contributed by atoms with Gasteiger partial charge < -0.3 is 5.43 Å². The first-order chi connectivity index (χ1) is 7.79. The average Bonchev–Trinajstić information content (AvgIpc) is 2.66. The second-order valence-electron chi connectivity index (χ2n) is 4.40. The summed E-state index contributed by atoms with van der Waals surface area (Å²) in [6, 6.07) is 0. The fraction of sp³-hybridized carbons (Fsp3) is 0.455. The quantitative estimate of drug-likeness (QED) is 0.586. The number of thiophene rings is 1. The molecule has 1 atom stereocenters. The van der Waals surface area contributed by atoms with E-state index in [1.165, 1.54) is 23.3 Å². The standard InChI is InChI=1S/C11H14N4S/c1-6-2-3-8-7(4-6)9-10(15-12)13-5-14-11(9)16-8/h5-6H,2-4,12H2,1H3,(H,13,14,15)/t6-/m1/s1. The topological polar surface area (TPSA) is 63.8 Å². The van der Waals surface area contributed by atoms with E-state index >= 15 is 0 Å². The summed E-state index contributed by atoms with van der Waals surface area (Å²) in [4.78, 5) is 11.0. The molecule has 16 heavy (non-hydrogen) atoms. The van der Waals surface area contributed by atoms with E-state index in [2.05, 4.69) is 22.3 Å². The van der Waals surface area contributed by atoms with E-state index in [0.717, 1.165) is 28.4 Å². The van der Waals surface area contributed by atoms with Crippen LogP contribution in [0.5, 0.6) is 0 Å². The third-order valence-electron chi connectivity index (χ3n) is 3.22. The van der Waals surface area contributed by atoms with Crippen LogP contribution in [0.2, 0.25) is 0 Å². The normalized spacial score (nSPS) is 19.8. The lowest BCUT2D eigenvalue weighted by molar-refractivity contribution is 0.508. The van der Waals surface area contributed by atoms with Crippen molar-refractivity contribution in [3.63, 3.8) is 0 Å². The molecule has 0 saturated heterocycles. The van der Waals surface area contributed by atoms with Crippen molar-refractivity contribution in [3.8, 4) is 0 Å². The predicted molar refractivity (Wildman–Crippen MR) is 66.4 cm³/mol. The minimum atomic E-state index is 0.746. The molecule has 0 fully saturated rings. The fourth-order valence-electron chi connectivity index (χ4n) is 2.39. The summed E-state index contributed by atoms with van der Waals surface area (Å²) in [5, 5.41) is 1.14. The molecule has 84 valence electrons. The maximum absolute atomic E-state index is 5.51. The Hall–Kier alpha value is -1.20. The van der Waals surface area contributed by atoms with E-state index in [1.54, 1.807) is 17.7 Å². The second kappa shape index (κ2) is 3.68. The molecule has 2 aromatic rings. The average molecular weight is 234 g/mol. The second-order valence-corrected chi connectivity index (χ2v) is 5.48. The zero-order valence-electron chi connectivity index (χ0n) is 9.16. The number of nitrogens with zero attached hydrogens (tertiary/aromatic N) is 2. The summed E-state index contributed by atoms with van der Waals surface area (Å²) in [7, 11) is 0. The molecule has 0 saturated carbocycles. The molecule has 0 aliphatic heterocycles. The number of hydrogen-bond acceptors (Lipinski definition) is 5. The number of nitrogens with one attached hydrogen (secondary N) is 1. The molecular formula is C11H14N4S. The lowest BCUT2D eigenvalue weighted by Crippen LogP contribution is -2.12. The number of rotatable bonds is 1. The zero-order chi connectivity index (χ0) is 11.1. The van der Waals surface area contributed by atoms with E-state index in [1.807, 2.05) is 0 Å².